The van der Waals surface area contributed by atoms with Crippen LogP contribution in [-0.4, -0.2) is 37.4 Å². The lowest BCUT2D eigenvalue weighted by atomic mass is 10.2. The van der Waals surface area contributed by atoms with Crippen LogP contribution in [0.3, 0.4) is 0 Å². The van der Waals surface area contributed by atoms with Crippen LogP contribution in [0.2, 0.25) is 0 Å². The number of aromatic nitrogens is 2. The summed E-state index contributed by atoms with van der Waals surface area (Å²) in [6.07, 6.45) is 4.64. The van der Waals surface area contributed by atoms with Gasteiger partial charge >= 0.3 is 0 Å². The highest BCUT2D eigenvalue weighted by molar-refractivity contribution is 7.92. The van der Waals surface area contributed by atoms with Crippen LogP contribution in [0, 0.1) is 0 Å². The van der Waals surface area contributed by atoms with Crippen molar-refractivity contribution >= 4 is 27.4 Å². The molecule has 1 amide bonds. The van der Waals surface area contributed by atoms with Gasteiger partial charge < -0.3 is 5.32 Å². The van der Waals surface area contributed by atoms with Gasteiger partial charge in [-0.05, 0) is 37.1 Å². The van der Waals surface area contributed by atoms with Gasteiger partial charge in [0.2, 0.25) is 10.0 Å². The quantitative estimate of drug-likeness (QED) is 0.819. The highest BCUT2D eigenvalue weighted by Gasteiger charge is 2.16. The minimum absolute atomic E-state index is 0.232. The number of nitrogens with zero attached hydrogens (tertiary/aromatic N) is 3. The summed E-state index contributed by atoms with van der Waals surface area (Å²) in [6.45, 7) is 4.16. The maximum atomic E-state index is 12.5. The van der Waals surface area contributed by atoms with E-state index in [0.29, 0.717) is 17.1 Å². The van der Waals surface area contributed by atoms with Crippen molar-refractivity contribution in [3.05, 3.63) is 42.1 Å². The van der Waals surface area contributed by atoms with Gasteiger partial charge in [-0.2, -0.15) is 5.10 Å². The molecular weight excluding hydrogens is 340 g/mol. The molecule has 0 fully saturated rings. The monoisotopic (exact) mass is 364 g/mol. The van der Waals surface area contributed by atoms with Gasteiger partial charge in [0.1, 0.15) is 5.82 Å². The Labute approximate surface area is 148 Å². The highest BCUT2D eigenvalue weighted by atomic mass is 32.2. The van der Waals surface area contributed by atoms with E-state index in [0.717, 1.165) is 23.4 Å². The maximum absolute atomic E-state index is 12.5. The largest absolute Gasteiger partial charge is 0.307 e. The fraction of sp³-hybridized carbons (Fsp3) is 0.412. The van der Waals surface area contributed by atoms with Crippen molar-refractivity contribution in [2.45, 2.75) is 32.7 Å². The summed E-state index contributed by atoms with van der Waals surface area (Å²) in [7, 11) is -1.86. The molecule has 2 aromatic rings. The third-order valence-corrected chi connectivity index (χ3v) is 5.40. The average molecular weight is 364 g/mol. The fourth-order valence-corrected chi connectivity index (χ4v) is 3.05. The van der Waals surface area contributed by atoms with E-state index in [1.165, 1.54) is 7.05 Å². The van der Waals surface area contributed by atoms with Crippen LogP contribution in [-0.2, 0) is 10.0 Å². The normalized spacial score (nSPS) is 11.6. The minimum atomic E-state index is -3.33. The second kappa shape index (κ2) is 7.69. The predicted molar refractivity (Wildman–Crippen MR) is 99.5 cm³/mol. The molecule has 0 aliphatic heterocycles. The van der Waals surface area contributed by atoms with Gasteiger partial charge in [0.05, 0.1) is 24.2 Å². The van der Waals surface area contributed by atoms with Gasteiger partial charge in [-0.1, -0.05) is 13.8 Å². The Balaban J connectivity index is 2.16. The SMILES string of the molecule is CCC(CC)n1nccc1NC(=O)c1ccc(N(C)S(C)(=O)=O)cc1. The molecule has 136 valence electrons. The summed E-state index contributed by atoms with van der Waals surface area (Å²) < 4.78 is 26.1. The molecule has 0 aliphatic carbocycles. The Kier molecular flexibility index (Phi) is 5.84. The molecule has 0 unspecified atom stereocenters. The number of hydrogen-bond acceptors (Lipinski definition) is 4. The van der Waals surface area contributed by atoms with Gasteiger partial charge in [-0.25, -0.2) is 13.1 Å². The molecule has 8 heteroatoms. The van der Waals surface area contributed by atoms with Crippen LogP contribution in [0.1, 0.15) is 43.1 Å². The molecule has 2 rings (SSSR count). The summed E-state index contributed by atoms with van der Waals surface area (Å²) in [5, 5.41) is 7.16. The van der Waals surface area contributed by atoms with Crippen LogP contribution in [0.25, 0.3) is 0 Å². The second-order valence-corrected chi connectivity index (χ2v) is 7.88. The number of anilines is 2. The predicted octanol–water partition coefficient (Wildman–Crippen LogP) is 2.89. The third kappa shape index (κ3) is 4.39. The summed E-state index contributed by atoms with van der Waals surface area (Å²) in [4.78, 5) is 12.5. The van der Waals surface area contributed by atoms with E-state index in [2.05, 4.69) is 24.3 Å². The first-order chi connectivity index (χ1) is 11.8. The number of carbonyl (C=O) groups is 1. The van der Waals surface area contributed by atoms with Crippen LogP contribution in [0.5, 0.6) is 0 Å². The van der Waals surface area contributed by atoms with Crippen molar-refractivity contribution < 1.29 is 13.2 Å². The molecule has 0 atom stereocenters. The van der Waals surface area contributed by atoms with E-state index in [-0.39, 0.29) is 11.9 Å². The molecule has 1 heterocycles. The molecule has 0 spiro atoms. The molecule has 0 saturated heterocycles. The Bertz CT molecular complexity index is 824. The molecule has 25 heavy (non-hydrogen) atoms. The summed E-state index contributed by atoms with van der Waals surface area (Å²) in [5.74, 6) is 0.386. The van der Waals surface area contributed by atoms with Crippen LogP contribution >= 0.6 is 0 Å². The average Bonchev–Trinajstić information content (AvgIpc) is 3.02. The number of benzene rings is 1. The topological polar surface area (TPSA) is 84.3 Å². The van der Waals surface area contributed by atoms with Crippen LogP contribution < -0.4 is 9.62 Å². The number of rotatable bonds is 7. The molecule has 1 N–H and O–H groups in total. The lowest BCUT2D eigenvalue weighted by Crippen LogP contribution is -2.24. The van der Waals surface area contributed by atoms with Gasteiger partial charge in [-0.15, -0.1) is 0 Å². The van der Waals surface area contributed by atoms with Gasteiger partial charge in [-0.3, -0.25) is 9.10 Å². The van der Waals surface area contributed by atoms with Crippen molar-refractivity contribution in [3.63, 3.8) is 0 Å². The van der Waals surface area contributed by atoms with Crippen LogP contribution in [0.15, 0.2) is 36.5 Å². The minimum Gasteiger partial charge on any atom is -0.307 e. The molecule has 0 bridgehead atoms. The van der Waals surface area contributed by atoms with Crippen molar-refractivity contribution in [2.24, 2.45) is 0 Å². The van der Waals surface area contributed by atoms with Crippen molar-refractivity contribution in [3.8, 4) is 0 Å². The Hall–Kier alpha value is -2.35. The van der Waals surface area contributed by atoms with Crippen molar-refractivity contribution in [1.29, 1.82) is 0 Å². The Morgan fingerprint density at radius 2 is 1.80 bits per heavy atom. The number of hydrogen-bond donors (Lipinski definition) is 1. The van der Waals surface area contributed by atoms with E-state index in [1.54, 1.807) is 36.5 Å². The van der Waals surface area contributed by atoms with Crippen LogP contribution in [0.4, 0.5) is 11.5 Å². The van der Waals surface area contributed by atoms with Gasteiger partial charge in [0.15, 0.2) is 0 Å². The standard InChI is InChI=1S/C17H24N4O3S/c1-5-14(6-2)21-16(11-12-18-21)19-17(22)13-7-9-15(10-8-13)20(3)25(4,23)24/h7-12,14H,5-6H2,1-4H3,(H,19,22). The molecule has 0 aliphatic rings. The van der Waals surface area contributed by atoms with E-state index in [4.69, 9.17) is 0 Å². The summed E-state index contributed by atoms with van der Waals surface area (Å²) in [6, 6.07) is 8.41. The molecule has 0 radical (unpaired) electrons. The van der Waals surface area contributed by atoms with Crippen molar-refractivity contribution in [2.75, 3.05) is 22.9 Å². The van der Waals surface area contributed by atoms with E-state index in [1.807, 2.05) is 4.68 Å². The van der Waals surface area contributed by atoms with Gasteiger partial charge in [0.25, 0.3) is 5.91 Å². The Morgan fingerprint density at radius 3 is 2.32 bits per heavy atom. The number of carbonyl (C=O) groups excluding carboxylic acids is 1. The lowest BCUT2D eigenvalue weighted by molar-refractivity contribution is 0.102. The zero-order valence-electron chi connectivity index (χ0n) is 14.9. The lowest BCUT2D eigenvalue weighted by Gasteiger charge is -2.18. The van der Waals surface area contributed by atoms with E-state index in [9.17, 15) is 13.2 Å². The molecule has 1 aromatic carbocycles. The zero-order valence-corrected chi connectivity index (χ0v) is 15.7. The third-order valence-electron chi connectivity index (χ3n) is 4.19. The molecule has 1 aromatic heterocycles. The number of nitrogens with one attached hydrogen (secondary N) is 1. The first kappa shape index (κ1) is 19.0. The van der Waals surface area contributed by atoms with E-state index >= 15 is 0 Å². The number of sulfonamides is 1. The zero-order chi connectivity index (χ0) is 18.6. The molecule has 7 nitrogen and oxygen atoms in total. The fourth-order valence-electron chi connectivity index (χ4n) is 2.54. The Morgan fingerprint density at radius 1 is 1.20 bits per heavy atom. The summed E-state index contributed by atoms with van der Waals surface area (Å²) >= 11 is 0. The van der Waals surface area contributed by atoms with E-state index < -0.39 is 10.0 Å². The first-order valence-corrected chi connectivity index (χ1v) is 10.0. The smallest absolute Gasteiger partial charge is 0.256 e. The highest BCUT2D eigenvalue weighted by Crippen LogP contribution is 2.21. The second-order valence-electron chi connectivity index (χ2n) is 5.86. The molecular formula is C17H24N4O3S. The number of amides is 1. The van der Waals surface area contributed by atoms with Crippen molar-refractivity contribution in [1.82, 2.24) is 9.78 Å². The summed E-state index contributed by atoms with van der Waals surface area (Å²) in [5.41, 5.74) is 0.948. The first-order valence-electron chi connectivity index (χ1n) is 8.16. The maximum Gasteiger partial charge on any atom is 0.256 e. The molecule has 0 saturated carbocycles. The van der Waals surface area contributed by atoms with Gasteiger partial charge in [0, 0.05) is 18.7 Å².